The maximum atomic E-state index is 12.6. The van der Waals surface area contributed by atoms with E-state index in [1.165, 1.54) is 0 Å². The van der Waals surface area contributed by atoms with Gasteiger partial charge in [0, 0.05) is 19.0 Å². The first-order valence-electron chi connectivity index (χ1n) is 7.81. The highest BCUT2D eigenvalue weighted by Crippen LogP contribution is 2.40. The molecule has 2 N–H and O–H groups in total. The van der Waals surface area contributed by atoms with Crippen molar-refractivity contribution in [3.8, 4) is 5.75 Å². The van der Waals surface area contributed by atoms with Gasteiger partial charge in [-0.15, -0.1) is 0 Å². The first-order chi connectivity index (χ1) is 10.0. The minimum Gasteiger partial charge on any atom is -0.507 e. The van der Waals surface area contributed by atoms with Gasteiger partial charge < -0.3 is 15.1 Å². The van der Waals surface area contributed by atoms with E-state index in [1.54, 1.807) is 30.0 Å². The molecule has 1 aliphatic carbocycles. The zero-order valence-corrected chi connectivity index (χ0v) is 12.5. The van der Waals surface area contributed by atoms with Gasteiger partial charge in [-0.25, -0.2) is 0 Å². The number of aliphatic hydroxyl groups is 1. The number of phenolic OH excluding ortho intramolecular Hbond substituents is 1. The van der Waals surface area contributed by atoms with E-state index in [-0.39, 0.29) is 17.6 Å². The van der Waals surface area contributed by atoms with Crippen molar-refractivity contribution in [1.29, 1.82) is 0 Å². The molecule has 21 heavy (non-hydrogen) atoms. The number of aryl methyl sites for hydroxylation is 1. The lowest BCUT2D eigenvalue weighted by atomic mass is 9.71. The second kappa shape index (κ2) is 5.34. The summed E-state index contributed by atoms with van der Waals surface area (Å²) in [5, 5.41) is 20.8. The van der Waals surface area contributed by atoms with Crippen LogP contribution in [0.4, 0.5) is 0 Å². The summed E-state index contributed by atoms with van der Waals surface area (Å²) in [5.74, 6) is 0.131. The third kappa shape index (κ3) is 2.53. The molecule has 2 aliphatic rings. The molecular formula is C17H23NO3. The van der Waals surface area contributed by atoms with Crippen LogP contribution in [-0.2, 0) is 0 Å². The molecule has 2 atom stereocenters. The van der Waals surface area contributed by atoms with E-state index < -0.39 is 5.60 Å². The molecule has 114 valence electrons. The van der Waals surface area contributed by atoms with Gasteiger partial charge in [-0.2, -0.15) is 0 Å². The van der Waals surface area contributed by atoms with Gasteiger partial charge in [-0.1, -0.05) is 25.0 Å². The number of fused-ring (bicyclic) bond motifs is 1. The molecule has 2 fully saturated rings. The van der Waals surface area contributed by atoms with Crippen molar-refractivity contribution in [3.05, 3.63) is 29.3 Å². The zero-order valence-electron chi connectivity index (χ0n) is 12.5. The van der Waals surface area contributed by atoms with Crippen LogP contribution in [0.5, 0.6) is 5.75 Å². The summed E-state index contributed by atoms with van der Waals surface area (Å²) >= 11 is 0. The Bertz CT molecular complexity index is 557. The van der Waals surface area contributed by atoms with Crippen molar-refractivity contribution in [1.82, 2.24) is 4.90 Å². The Balaban J connectivity index is 1.79. The number of carbonyl (C=O) groups is 1. The minimum atomic E-state index is -0.580. The standard InChI is InChI=1S/C17H23NO3/c1-12-5-4-7-14(15(12)19)16(20)18-10-9-17(21)8-3-2-6-13(17)11-18/h4-5,7,13,19,21H,2-3,6,8-11H2,1H3. The number of nitrogens with zero attached hydrogens (tertiary/aromatic N) is 1. The van der Waals surface area contributed by atoms with E-state index in [2.05, 4.69) is 0 Å². The van der Waals surface area contributed by atoms with Crippen molar-refractivity contribution in [2.45, 2.75) is 44.6 Å². The van der Waals surface area contributed by atoms with Gasteiger partial charge in [0.05, 0.1) is 11.2 Å². The summed E-state index contributed by atoms with van der Waals surface area (Å²) in [4.78, 5) is 14.4. The highest BCUT2D eigenvalue weighted by Gasteiger charge is 2.44. The lowest BCUT2D eigenvalue weighted by Crippen LogP contribution is -2.54. The van der Waals surface area contributed by atoms with Crippen molar-refractivity contribution in [2.24, 2.45) is 5.92 Å². The number of hydrogen-bond donors (Lipinski definition) is 2. The number of rotatable bonds is 1. The molecule has 1 saturated carbocycles. The predicted octanol–water partition coefficient (Wildman–Crippen LogP) is 2.47. The van der Waals surface area contributed by atoms with Crippen LogP contribution in [0, 0.1) is 12.8 Å². The number of likely N-dealkylation sites (tertiary alicyclic amines) is 1. The van der Waals surface area contributed by atoms with Gasteiger partial charge in [0.15, 0.2) is 0 Å². The fourth-order valence-corrected chi connectivity index (χ4v) is 3.76. The predicted molar refractivity (Wildman–Crippen MR) is 80.3 cm³/mol. The Morgan fingerprint density at radius 2 is 2.14 bits per heavy atom. The number of amides is 1. The van der Waals surface area contributed by atoms with E-state index in [9.17, 15) is 15.0 Å². The summed E-state index contributed by atoms with van der Waals surface area (Å²) in [7, 11) is 0. The fraction of sp³-hybridized carbons (Fsp3) is 0.588. The van der Waals surface area contributed by atoms with E-state index in [0.29, 0.717) is 30.6 Å². The normalized spacial score (nSPS) is 29.0. The molecule has 2 unspecified atom stereocenters. The largest absolute Gasteiger partial charge is 0.507 e. The lowest BCUT2D eigenvalue weighted by Gasteiger charge is -2.47. The number of phenols is 1. The van der Waals surface area contributed by atoms with Gasteiger partial charge in [0.25, 0.3) is 5.91 Å². The number of piperidine rings is 1. The Morgan fingerprint density at radius 3 is 2.95 bits per heavy atom. The third-order valence-electron chi connectivity index (χ3n) is 5.18. The van der Waals surface area contributed by atoms with Gasteiger partial charge in [0.2, 0.25) is 0 Å². The highest BCUT2D eigenvalue weighted by molar-refractivity contribution is 5.97. The maximum absolute atomic E-state index is 12.6. The van der Waals surface area contributed by atoms with Crippen molar-refractivity contribution in [2.75, 3.05) is 13.1 Å². The minimum absolute atomic E-state index is 0.0759. The Hall–Kier alpha value is -1.55. The Labute approximate surface area is 125 Å². The molecule has 4 heteroatoms. The smallest absolute Gasteiger partial charge is 0.257 e. The number of para-hydroxylation sites is 1. The summed E-state index contributed by atoms with van der Waals surface area (Å²) in [5.41, 5.74) is 0.507. The first kappa shape index (κ1) is 14.4. The molecule has 0 spiro atoms. The van der Waals surface area contributed by atoms with Gasteiger partial charge in [0.1, 0.15) is 5.75 Å². The maximum Gasteiger partial charge on any atom is 0.257 e. The number of carbonyl (C=O) groups excluding carboxylic acids is 1. The molecule has 1 aromatic carbocycles. The lowest BCUT2D eigenvalue weighted by molar-refractivity contribution is -0.0886. The molecule has 0 aromatic heterocycles. The van der Waals surface area contributed by atoms with Crippen molar-refractivity contribution in [3.63, 3.8) is 0 Å². The van der Waals surface area contributed by atoms with Crippen LogP contribution in [0.15, 0.2) is 18.2 Å². The average Bonchev–Trinajstić information content (AvgIpc) is 2.48. The number of hydrogen-bond acceptors (Lipinski definition) is 3. The number of benzene rings is 1. The Morgan fingerprint density at radius 1 is 1.33 bits per heavy atom. The van der Waals surface area contributed by atoms with Crippen molar-refractivity contribution < 1.29 is 15.0 Å². The summed E-state index contributed by atoms with van der Waals surface area (Å²) in [6, 6.07) is 5.26. The molecular weight excluding hydrogens is 266 g/mol. The topological polar surface area (TPSA) is 60.8 Å². The molecule has 3 rings (SSSR count). The molecule has 4 nitrogen and oxygen atoms in total. The van der Waals surface area contributed by atoms with Crippen molar-refractivity contribution >= 4 is 5.91 Å². The van der Waals surface area contributed by atoms with Crippen LogP contribution in [0.1, 0.15) is 48.0 Å². The zero-order chi connectivity index (χ0) is 15.0. The quantitative estimate of drug-likeness (QED) is 0.835. The van der Waals surface area contributed by atoms with E-state index in [0.717, 1.165) is 25.7 Å². The van der Waals surface area contributed by atoms with Crippen LogP contribution in [0.3, 0.4) is 0 Å². The van der Waals surface area contributed by atoms with Crippen LogP contribution < -0.4 is 0 Å². The first-order valence-corrected chi connectivity index (χ1v) is 7.81. The second-order valence-corrected chi connectivity index (χ2v) is 6.52. The molecule has 1 aliphatic heterocycles. The van der Waals surface area contributed by atoms with E-state index in [1.807, 2.05) is 0 Å². The van der Waals surface area contributed by atoms with Crippen LogP contribution in [-0.4, -0.2) is 39.7 Å². The van der Waals surface area contributed by atoms with Gasteiger partial charge >= 0.3 is 0 Å². The van der Waals surface area contributed by atoms with Crippen LogP contribution in [0.25, 0.3) is 0 Å². The highest BCUT2D eigenvalue weighted by atomic mass is 16.3. The van der Waals surface area contributed by atoms with E-state index >= 15 is 0 Å². The van der Waals surface area contributed by atoms with Gasteiger partial charge in [-0.3, -0.25) is 4.79 Å². The Kier molecular flexibility index (Phi) is 3.66. The fourth-order valence-electron chi connectivity index (χ4n) is 3.76. The summed E-state index contributed by atoms with van der Waals surface area (Å²) in [6.07, 6.45) is 4.70. The second-order valence-electron chi connectivity index (χ2n) is 6.52. The number of aromatic hydroxyl groups is 1. The third-order valence-corrected chi connectivity index (χ3v) is 5.18. The van der Waals surface area contributed by atoms with Gasteiger partial charge in [-0.05, 0) is 37.8 Å². The molecule has 1 amide bonds. The molecule has 1 heterocycles. The van der Waals surface area contributed by atoms with Crippen LogP contribution in [0.2, 0.25) is 0 Å². The monoisotopic (exact) mass is 289 g/mol. The molecule has 0 radical (unpaired) electrons. The SMILES string of the molecule is Cc1cccc(C(=O)N2CCC3(O)CCCCC3C2)c1O. The summed E-state index contributed by atoms with van der Waals surface area (Å²) < 4.78 is 0. The average molecular weight is 289 g/mol. The molecule has 1 saturated heterocycles. The summed E-state index contributed by atoms with van der Waals surface area (Å²) in [6.45, 7) is 2.96. The van der Waals surface area contributed by atoms with E-state index in [4.69, 9.17) is 0 Å². The molecule has 1 aromatic rings. The molecule has 0 bridgehead atoms. The van der Waals surface area contributed by atoms with Crippen LogP contribution >= 0.6 is 0 Å².